The number of hydrogen-bond donors (Lipinski definition) is 2. The molecule has 0 saturated carbocycles. The number of carbonyl (C=O) groups excluding carboxylic acids is 1. The van der Waals surface area contributed by atoms with Gasteiger partial charge in [0, 0.05) is 35.7 Å². The number of ether oxygens (including phenoxy) is 1. The Morgan fingerprint density at radius 3 is 2.76 bits per heavy atom. The Morgan fingerprint density at radius 1 is 1.17 bits per heavy atom. The van der Waals surface area contributed by atoms with Crippen molar-refractivity contribution in [2.24, 2.45) is 0 Å². The van der Waals surface area contributed by atoms with E-state index in [4.69, 9.17) is 9.15 Å². The summed E-state index contributed by atoms with van der Waals surface area (Å²) in [5.41, 5.74) is 3.28. The summed E-state index contributed by atoms with van der Waals surface area (Å²) in [6.45, 7) is 5.57. The summed E-state index contributed by atoms with van der Waals surface area (Å²) >= 11 is 0. The van der Waals surface area contributed by atoms with Gasteiger partial charge in [0.05, 0.1) is 7.11 Å². The first-order valence-corrected chi connectivity index (χ1v) is 9.71. The number of anilines is 1. The smallest absolute Gasteiger partial charge is 0.339 e. The average molecular weight is 394 g/mol. The van der Waals surface area contributed by atoms with Crippen LogP contribution in [0.4, 0.5) is 5.69 Å². The van der Waals surface area contributed by atoms with E-state index in [9.17, 15) is 9.59 Å². The van der Waals surface area contributed by atoms with Gasteiger partial charge in [-0.2, -0.15) is 0 Å². The second-order valence-corrected chi connectivity index (χ2v) is 6.88. The van der Waals surface area contributed by atoms with Crippen LogP contribution in [0.1, 0.15) is 30.0 Å². The molecule has 29 heavy (non-hydrogen) atoms. The summed E-state index contributed by atoms with van der Waals surface area (Å²) in [5.74, 6) is 0.489. The van der Waals surface area contributed by atoms with Gasteiger partial charge in [0.25, 0.3) is 0 Å². The minimum Gasteiger partial charge on any atom is -0.497 e. The van der Waals surface area contributed by atoms with Crippen LogP contribution in [0.25, 0.3) is 11.0 Å². The molecular formula is C23H26N2O4. The van der Waals surface area contributed by atoms with Crippen LogP contribution < -0.4 is 21.0 Å². The molecule has 3 aromatic rings. The third-order valence-corrected chi connectivity index (χ3v) is 4.89. The molecule has 2 aromatic carbocycles. The van der Waals surface area contributed by atoms with Crippen molar-refractivity contribution in [1.29, 1.82) is 0 Å². The predicted octanol–water partition coefficient (Wildman–Crippen LogP) is 3.79. The fraction of sp³-hybridized carbons (Fsp3) is 0.304. The Bertz CT molecular complexity index is 1070. The van der Waals surface area contributed by atoms with E-state index in [0.717, 1.165) is 35.3 Å². The topological polar surface area (TPSA) is 80.6 Å². The van der Waals surface area contributed by atoms with Crippen LogP contribution in [0.5, 0.6) is 5.75 Å². The number of rotatable bonds is 8. The number of nitrogens with one attached hydrogen (secondary N) is 2. The van der Waals surface area contributed by atoms with Gasteiger partial charge in [-0.05, 0) is 55.3 Å². The average Bonchev–Trinajstić information content (AvgIpc) is 2.71. The zero-order chi connectivity index (χ0) is 20.8. The van der Waals surface area contributed by atoms with Gasteiger partial charge in [0.2, 0.25) is 5.91 Å². The van der Waals surface area contributed by atoms with Crippen molar-refractivity contribution in [1.82, 2.24) is 5.32 Å². The fourth-order valence-electron chi connectivity index (χ4n) is 3.28. The Morgan fingerprint density at radius 2 is 2.00 bits per heavy atom. The normalized spacial score (nSPS) is 10.9. The molecule has 6 nitrogen and oxygen atoms in total. The molecule has 1 amide bonds. The lowest BCUT2D eigenvalue weighted by molar-refractivity contribution is -0.116. The lowest BCUT2D eigenvalue weighted by Gasteiger charge is -2.10. The lowest BCUT2D eigenvalue weighted by Crippen LogP contribution is -2.17. The predicted molar refractivity (Wildman–Crippen MR) is 115 cm³/mol. The van der Waals surface area contributed by atoms with Crippen molar-refractivity contribution < 1.29 is 13.9 Å². The van der Waals surface area contributed by atoms with Gasteiger partial charge >= 0.3 is 5.63 Å². The highest BCUT2D eigenvalue weighted by atomic mass is 16.5. The third kappa shape index (κ3) is 5.03. The Labute approximate surface area is 169 Å². The maximum atomic E-state index is 12.4. The van der Waals surface area contributed by atoms with E-state index in [1.165, 1.54) is 0 Å². The molecule has 0 aliphatic carbocycles. The molecule has 0 unspecified atom stereocenters. The summed E-state index contributed by atoms with van der Waals surface area (Å²) in [6.07, 6.45) is 0.518. The van der Waals surface area contributed by atoms with Gasteiger partial charge in [0.1, 0.15) is 11.3 Å². The van der Waals surface area contributed by atoms with Crippen molar-refractivity contribution in [2.45, 2.75) is 33.2 Å². The van der Waals surface area contributed by atoms with Crippen LogP contribution in [0.3, 0.4) is 0 Å². The van der Waals surface area contributed by atoms with Crippen molar-refractivity contribution in [2.75, 3.05) is 19.0 Å². The summed E-state index contributed by atoms with van der Waals surface area (Å²) < 4.78 is 10.6. The molecule has 0 bridgehead atoms. The summed E-state index contributed by atoms with van der Waals surface area (Å²) in [5, 5.41) is 7.01. The summed E-state index contributed by atoms with van der Waals surface area (Å²) in [7, 11) is 1.56. The van der Waals surface area contributed by atoms with E-state index in [1.807, 2.05) is 50.2 Å². The van der Waals surface area contributed by atoms with Crippen LogP contribution in [-0.2, 0) is 17.8 Å². The number of benzene rings is 2. The zero-order valence-electron chi connectivity index (χ0n) is 17.0. The molecule has 152 valence electrons. The molecule has 0 aliphatic heterocycles. The molecular weight excluding hydrogens is 368 g/mol. The molecule has 1 heterocycles. The first-order chi connectivity index (χ1) is 14.0. The van der Waals surface area contributed by atoms with Crippen LogP contribution in [-0.4, -0.2) is 19.6 Å². The maximum Gasteiger partial charge on any atom is 0.339 e. The van der Waals surface area contributed by atoms with E-state index in [0.29, 0.717) is 23.3 Å². The van der Waals surface area contributed by atoms with E-state index < -0.39 is 5.63 Å². The first kappa shape index (κ1) is 20.6. The molecule has 0 radical (unpaired) electrons. The summed E-state index contributed by atoms with van der Waals surface area (Å²) in [4.78, 5) is 24.8. The fourth-order valence-corrected chi connectivity index (χ4v) is 3.28. The number of methoxy groups -OCH3 is 1. The first-order valence-electron chi connectivity index (χ1n) is 9.71. The molecule has 1 aromatic heterocycles. The highest BCUT2D eigenvalue weighted by molar-refractivity contribution is 5.91. The second kappa shape index (κ2) is 9.39. The standard InChI is InChI=1S/C23H26N2O4/c1-4-24-14-16-6-5-7-17(12-16)25-22(26)11-10-20-15(2)19-9-8-18(28-3)13-21(19)29-23(20)27/h5-9,12-13,24H,4,10-11,14H2,1-3H3,(H,25,26). The SMILES string of the molecule is CCNCc1cccc(NC(=O)CCc2c(C)c3ccc(OC)cc3oc2=O)c1. The van der Waals surface area contributed by atoms with Crippen LogP contribution in [0.15, 0.2) is 51.7 Å². The van der Waals surface area contributed by atoms with Gasteiger partial charge in [-0.15, -0.1) is 0 Å². The zero-order valence-corrected chi connectivity index (χ0v) is 17.0. The van der Waals surface area contributed by atoms with Crippen LogP contribution in [0, 0.1) is 6.92 Å². The van der Waals surface area contributed by atoms with Crippen molar-refractivity contribution in [3.8, 4) is 5.75 Å². The molecule has 3 rings (SSSR count). The quantitative estimate of drug-likeness (QED) is 0.568. The molecule has 0 aliphatic rings. The van der Waals surface area contributed by atoms with Gasteiger partial charge in [-0.3, -0.25) is 4.79 Å². The van der Waals surface area contributed by atoms with Crippen molar-refractivity contribution in [3.05, 3.63) is 69.6 Å². The highest BCUT2D eigenvalue weighted by Crippen LogP contribution is 2.24. The Hall–Kier alpha value is -3.12. The molecule has 2 N–H and O–H groups in total. The van der Waals surface area contributed by atoms with Gasteiger partial charge < -0.3 is 19.8 Å². The molecule has 0 spiro atoms. The van der Waals surface area contributed by atoms with Crippen LogP contribution in [0.2, 0.25) is 0 Å². The summed E-state index contributed by atoms with van der Waals surface area (Å²) in [6, 6.07) is 13.1. The van der Waals surface area contributed by atoms with Crippen molar-refractivity contribution >= 4 is 22.6 Å². The monoisotopic (exact) mass is 394 g/mol. The van der Waals surface area contributed by atoms with Gasteiger partial charge in [-0.1, -0.05) is 19.1 Å². The number of aryl methyl sites for hydroxylation is 1. The number of carbonyl (C=O) groups is 1. The Kier molecular flexibility index (Phi) is 6.67. The lowest BCUT2D eigenvalue weighted by atomic mass is 10.0. The second-order valence-electron chi connectivity index (χ2n) is 6.88. The van der Waals surface area contributed by atoms with E-state index in [1.54, 1.807) is 13.2 Å². The highest BCUT2D eigenvalue weighted by Gasteiger charge is 2.14. The Balaban J connectivity index is 1.70. The van der Waals surface area contributed by atoms with E-state index in [-0.39, 0.29) is 12.3 Å². The number of fused-ring (bicyclic) bond motifs is 1. The molecule has 0 saturated heterocycles. The number of hydrogen-bond acceptors (Lipinski definition) is 5. The largest absolute Gasteiger partial charge is 0.497 e. The minimum atomic E-state index is -0.413. The van der Waals surface area contributed by atoms with Crippen LogP contribution >= 0.6 is 0 Å². The van der Waals surface area contributed by atoms with Crippen molar-refractivity contribution in [3.63, 3.8) is 0 Å². The third-order valence-electron chi connectivity index (χ3n) is 4.89. The minimum absolute atomic E-state index is 0.140. The van der Waals surface area contributed by atoms with Gasteiger partial charge in [0.15, 0.2) is 0 Å². The molecule has 0 atom stereocenters. The molecule has 0 fully saturated rings. The van der Waals surface area contributed by atoms with E-state index in [2.05, 4.69) is 10.6 Å². The van der Waals surface area contributed by atoms with E-state index >= 15 is 0 Å². The maximum absolute atomic E-state index is 12.4. The van der Waals surface area contributed by atoms with Gasteiger partial charge in [-0.25, -0.2) is 4.79 Å². The number of amides is 1. The molecule has 6 heteroatoms.